The number of methoxy groups -OCH3 is 1. The normalized spacial score (nSPS) is 17.1. The first-order chi connectivity index (χ1) is 41.5. The Labute approximate surface area is 498 Å². The van der Waals surface area contributed by atoms with Gasteiger partial charge in [-0.3, -0.25) is 53.4 Å². The molecular weight excluding hydrogens is 1100 g/mol. The highest BCUT2D eigenvalue weighted by Gasteiger charge is 2.36. The average molecular weight is 1170 g/mol. The Morgan fingerprint density at radius 2 is 1.33 bits per heavy atom. The van der Waals surface area contributed by atoms with E-state index in [1.54, 1.807) is 29.3 Å². The Morgan fingerprint density at radius 1 is 0.698 bits per heavy atom. The number of hydrogen-bond donors (Lipinski definition) is 4. The molecule has 0 saturated carbocycles. The first-order valence-corrected chi connectivity index (χ1v) is 29.2. The number of hydrogen-bond acceptors (Lipinski definition) is 14. The van der Waals surface area contributed by atoms with Crippen molar-refractivity contribution in [3.05, 3.63) is 147 Å². The van der Waals surface area contributed by atoms with Crippen LogP contribution in [0.3, 0.4) is 0 Å². The summed E-state index contributed by atoms with van der Waals surface area (Å²) >= 11 is 0. The fourth-order valence-corrected chi connectivity index (χ4v) is 11.5. The number of benzene rings is 4. The standard InChI is InChI=1S/C65H70N10O11/c1-38(2)61(72-58(77)17-6-5-9-23-73-59(78)20-21-60(73)79)54(76)28-42(14-11-22-67-65(66)83)62(80)71-45-19-18-41-27-49-33-69-53-31-57(56(84-4)29-51(53)64(82)75(49)35-44(41)25-45)86-37-47-16-10-15-46(70-47)36-85-55-30-52-50(24-39(55)3)63(81)74-34-43-13-8-7-12-40(43)26-48(74)32-68-52/h7-8,10,12-13,15-16,18-21,24-25,29-33,38,42,48-49,61H,5-6,9,11,14,17,22-23,26-28,34-37H2,1-4H3,(H,71,80)(H,72,77)(H3,66,67,83)/t42-,48+,49+,61+/m1/s1. The number of primary amides is 1. The summed E-state index contributed by atoms with van der Waals surface area (Å²) in [5.41, 5.74) is 13.8. The Bertz CT molecular complexity index is 3580. The van der Waals surface area contributed by atoms with Crippen molar-refractivity contribution in [1.29, 1.82) is 0 Å². The molecular formula is C65H70N10O11. The number of aromatic nitrogens is 1. The van der Waals surface area contributed by atoms with E-state index in [-0.39, 0.29) is 105 Å². The van der Waals surface area contributed by atoms with Crippen LogP contribution in [0.25, 0.3) is 0 Å². The molecule has 0 saturated heterocycles. The molecule has 4 atom stereocenters. The number of carbonyl (C=O) groups is 8. The summed E-state index contributed by atoms with van der Waals surface area (Å²) in [6.07, 6.45) is 9.39. The summed E-state index contributed by atoms with van der Waals surface area (Å²) in [5.74, 6) is -1.94. The lowest BCUT2D eigenvalue weighted by Gasteiger charge is -2.34. The topological polar surface area (TPSA) is 274 Å². The molecule has 0 radical (unpaired) electrons. The number of nitrogens with one attached hydrogen (secondary N) is 3. The lowest BCUT2D eigenvalue weighted by atomic mass is 9.89. The van der Waals surface area contributed by atoms with Crippen LogP contribution in [0.2, 0.25) is 0 Å². The first kappa shape index (κ1) is 59.6. The summed E-state index contributed by atoms with van der Waals surface area (Å²) in [7, 11) is 1.50. The molecule has 446 valence electrons. The van der Waals surface area contributed by atoms with Crippen molar-refractivity contribution in [2.24, 2.45) is 27.6 Å². The van der Waals surface area contributed by atoms with Crippen LogP contribution < -0.4 is 35.9 Å². The molecule has 0 fully saturated rings. The van der Waals surface area contributed by atoms with Crippen LogP contribution in [0.1, 0.15) is 119 Å². The lowest BCUT2D eigenvalue weighted by molar-refractivity contribution is -0.137. The number of urea groups is 1. The fourth-order valence-electron chi connectivity index (χ4n) is 11.5. The molecule has 5 aliphatic heterocycles. The zero-order valence-electron chi connectivity index (χ0n) is 48.6. The van der Waals surface area contributed by atoms with Crippen LogP contribution >= 0.6 is 0 Å². The van der Waals surface area contributed by atoms with Crippen molar-refractivity contribution in [3.63, 3.8) is 0 Å². The number of nitrogens with zero attached hydrogens (tertiary/aromatic N) is 6. The van der Waals surface area contributed by atoms with E-state index >= 15 is 0 Å². The molecule has 5 aromatic rings. The number of ether oxygens (including phenoxy) is 3. The highest BCUT2D eigenvalue weighted by molar-refractivity contribution is 6.13. The molecule has 10 rings (SSSR count). The highest BCUT2D eigenvalue weighted by atomic mass is 16.5. The number of amides is 8. The van der Waals surface area contributed by atoms with Crippen LogP contribution in [0, 0.1) is 18.8 Å². The van der Waals surface area contributed by atoms with Gasteiger partial charge in [-0.1, -0.05) is 56.7 Å². The smallest absolute Gasteiger partial charge is 0.312 e. The van der Waals surface area contributed by atoms with Crippen LogP contribution in [-0.2, 0) is 63.1 Å². The van der Waals surface area contributed by atoms with Gasteiger partial charge in [-0.15, -0.1) is 0 Å². The zero-order valence-corrected chi connectivity index (χ0v) is 48.6. The largest absolute Gasteiger partial charge is 0.493 e. The number of anilines is 1. The number of imide groups is 1. The number of fused-ring (bicyclic) bond motifs is 6. The molecule has 0 bridgehead atoms. The first-order valence-electron chi connectivity index (χ1n) is 29.2. The molecule has 1 aromatic heterocycles. The summed E-state index contributed by atoms with van der Waals surface area (Å²) < 4.78 is 18.4. The molecule has 6 heterocycles. The minimum atomic E-state index is -0.866. The van der Waals surface area contributed by atoms with Gasteiger partial charge in [0, 0.05) is 87.3 Å². The van der Waals surface area contributed by atoms with Crippen molar-refractivity contribution < 1.29 is 52.6 Å². The second-order valence-corrected chi connectivity index (χ2v) is 22.6. The van der Waals surface area contributed by atoms with Gasteiger partial charge in [-0.05, 0) is 116 Å². The predicted octanol–water partition coefficient (Wildman–Crippen LogP) is 7.71. The molecule has 86 heavy (non-hydrogen) atoms. The number of rotatable bonds is 24. The average Bonchev–Trinajstić information content (AvgIpc) is 2.22. The van der Waals surface area contributed by atoms with Crippen molar-refractivity contribution in [3.8, 4) is 17.2 Å². The summed E-state index contributed by atoms with van der Waals surface area (Å²) in [6, 6.07) is 24.2. The SMILES string of the molecule is COc1cc2c(cc1OCc1cccc(COc3cc4c(cc3C)C(=O)N3Cc5ccccc5C[C@H]3C=N4)n1)N=C[C@@H]1Cc3ccc(NC(=O)[C@H](CCCNC(N)=O)CC(=O)[C@@H](NC(=O)CCCCCN4C(=O)C=CC4=O)C(C)C)cc3CN1C2=O. The quantitative estimate of drug-likeness (QED) is 0.0342. The third kappa shape index (κ3) is 13.8. The maximum Gasteiger partial charge on any atom is 0.312 e. The third-order valence-electron chi connectivity index (χ3n) is 16.2. The Balaban J connectivity index is 0.749. The van der Waals surface area contributed by atoms with Gasteiger partial charge >= 0.3 is 6.03 Å². The molecule has 8 amide bonds. The van der Waals surface area contributed by atoms with Gasteiger partial charge in [0.25, 0.3) is 23.6 Å². The maximum atomic E-state index is 14.5. The van der Waals surface area contributed by atoms with E-state index in [1.165, 1.54) is 24.8 Å². The maximum absolute atomic E-state index is 14.5. The van der Waals surface area contributed by atoms with Gasteiger partial charge < -0.3 is 45.7 Å². The van der Waals surface area contributed by atoms with E-state index in [2.05, 4.69) is 28.1 Å². The van der Waals surface area contributed by atoms with Gasteiger partial charge in [0.1, 0.15) is 19.0 Å². The highest BCUT2D eigenvalue weighted by Crippen LogP contribution is 2.40. The third-order valence-corrected chi connectivity index (χ3v) is 16.2. The van der Waals surface area contributed by atoms with Crippen LogP contribution in [-0.4, -0.2) is 118 Å². The summed E-state index contributed by atoms with van der Waals surface area (Å²) in [6.45, 7) is 6.94. The molecule has 21 heteroatoms. The van der Waals surface area contributed by atoms with Crippen molar-refractivity contribution in [2.75, 3.05) is 25.5 Å². The van der Waals surface area contributed by atoms with Gasteiger partial charge in [0.05, 0.1) is 59.1 Å². The van der Waals surface area contributed by atoms with Gasteiger partial charge in [0.15, 0.2) is 17.3 Å². The van der Waals surface area contributed by atoms with Gasteiger partial charge in [-0.25, -0.2) is 4.79 Å². The van der Waals surface area contributed by atoms with E-state index in [4.69, 9.17) is 34.9 Å². The summed E-state index contributed by atoms with van der Waals surface area (Å²) in [5, 5.41) is 8.38. The predicted molar refractivity (Wildman–Crippen MR) is 321 cm³/mol. The van der Waals surface area contributed by atoms with Gasteiger partial charge in [-0.2, -0.15) is 0 Å². The molecule has 0 spiro atoms. The number of nitrogens with two attached hydrogens (primary N) is 1. The van der Waals surface area contributed by atoms with Crippen molar-refractivity contribution in [1.82, 2.24) is 30.3 Å². The van der Waals surface area contributed by atoms with Crippen molar-refractivity contribution in [2.45, 2.75) is 123 Å². The Kier molecular flexibility index (Phi) is 18.4. The number of aliphatic imine (C=N–C) groups is 2. The zero-order chi connectivity index (χ0) is 60.6. The molecule has 0 unspecified atom stereocenters. The molecule has 21 nitrogen and oxygen atoms in total. The molecule has 4 aromatic carbocycles. The minimum absolute atomic E-state index is 0.0585. The number of aryl methyl sites for hydroxylation is 1. The second-order valence-electron chi connectivity index (χ2n) is 22.6. The summed E-state index contributed by atoms with van der Waals surface area (Å²) in [4.78, 5) is 124. The van der Waals surface area contributed by atoms with Crippen LogP contribution in [0.15, 0.2) is 107 Å². The van der Waals surface area contributed by atoms with Crippen molar-refractivity contribution >= 4 is 76.7 Å². The lowest BCUT2D eigenvalue weighted by Crippen LogP contribution is -2.45. The number of carbonyl (C=O) groups excluding carboxylic acids is 8. The van der Waals surface area contributed by atoms with Gasteiger partial charge in [0.2, 0.25) is 11.8 Å². The van der Waals surface area contributed by atoms with E-state index in [1.807, 2.05) is 86.5 Å². The van der Waals surface area contributed by atoms with Crippen LogP contribution in [0.5, 0.6) is 17.2 Å². The van der Waals surface area contributed by atoms with Crippen LogP contribution in [0.4, 0.5) is 21.9 Å². The number of unbranched alkanes of at least 4 members (excludes halogenated alkanes) is 2. The number of ketones is 1. The number of Topliss-reactive ketones (excluding diaryl/α,β-unsaturated/α-hetero) is 1. The molecule has 5 N–H and O–H groups in total. The minimum Gasteiger partial charge on any atom is -0.493 e. The molecule has 5 aliphatic rings. The Hall–Kier alpha value is -9.53. The number of pyridine rings is 1. The second kappa shape index (κ2) is 26.6. The van der Waals surface area contributed by atoms with E-state index < -0.39 is 23.9 Å². The fraction of sp³-hybridized carbons (Fsp3) is 0.369. The molecule has 0 aliphatic carbocycles. The van der Waals surface area contributed by atoms with E-state index in [0.29, 0.717) is 102 Å². The van der Waals surface area contributed by atoms with E-state index in [0.717, 1.165) is 27.2 Å². The Morgan fingerprint density at radius 3 is 1.99 bits per heavy atom. The van der Waals surface area contributed by atoms with E-state index in [9.17, 15) is 38.4 Å². The monoisotopic (exact) mass is 1170 g/mol.